The van der Waals surface area contributed by atoms with Gasteiger partial charge in [-0.05, 0) is 68.3 Å². The molecule has 13 unspecified atom stereocenters. The van der Waals surface area contributed by atoms with E-state index in [0.29, 0.717) is 12.3 Å². The van der Waals surface area contributed by atoms with Crippen LogP contribution in [0.3, 0.4) is 0 Å². The lowest BCUT2D eigenvalue weighted by Crippen LogP contribution is -2.54. The van der Waals surface area contributed by atoms with Crippen LogP contribution in [0.4, 0.5) is 22.7 Å². The summed E-state index contributed by atoms with van der Waals surface area (Å²) >= 11 is 0. The average molecular weight is 1020 g/mol. The molecule has 8 amide bonds. The lowest BCUT2D eigenvalue weighted by Gasteiger charge is -2.39. The van der Waals surface area contributed by atoms with Crippen LogP contribution in [-0.2, 0) is 75.6 Å². The van der Waals surface area contributed by atoms with Crippen molar-refractivity contribution < 1.29 is 75.6 Å². The molecule has 13 rings (SSSR count). The molecule has 2 aromatic carbocycles. The van der Waals surface area contributed by atoms with Gasteiger partial charge in [-0.3, -0.25) is 38.4 Å². The van der Waals surface area contributed by atoms with Crippen molar-refractivity contribution in [1.29, 1.82) is 0 Å². The second-order valence-electron chi connectivity index (χ2n) is 20.5. The Balaban J connectivity index is 0.664. The van der Waals surface area contributed by atoms with Crippen molar-refractivity contribution in [2.24, 2.45) is 35.5 Å². The number of amides is 8. The Hall–Kier alpha value is -6.14. The molecule has 7 fully saturated rings. The summed E-state index contributed by atoms with van der Waals surface area (Å²) in [4.78, 5) is 125. The van der Waals surface area contributed by atoms with E-state index in [9.17, 15) is 38.4 Å². The number of carbonyl (C=O) groups excluding carboxylic acids is 8. The third kappa shape index (κ3) is 6.53. The summed E-state index contributed by atoms with van der Waals surface area (Å²) in [5, 5.41) is 0. The van der Waals surface area contributed by atoms with E-state index in [2.05, 4.69) is 0 Å². The van der Waals surface area contributed by atoms with E-state index < -0.39 is 127 Å². The van der Waals surface area contributed by atoms with Gasteiger partial charge in [0.1, 0.15) is 30.0 Å². The van der Waals surface area contributed by atoms with Crippen molar-refractivity contribution >= 4 is 78.8 Å². The molecule has 378 valence electrons. The number of hydrogen-bond acceptors (Lipinski definition) is 16. The zero-order valence-corrected chi connectivity index (χ0v) is 40.7. The molecule has 2 aromatic rings. The fraction of sp³-hybridized carbons (Fsp3) is 0.462. The minimum absolute atomic E-state index is 0.00771. The Kier molecular flexibility index (Phi) is 10.7. The highest BCUT2D eigenvalue weighted by Gasteiger charge is 2.71. The van der Waals surface area contributed by atoms with Crippen LogP contribution in [0, 0.1) is 35.5 Å². The third-order valence-electron chi connectivity index (χ3n) is 16.9. The molecule has 1 aliphatic carbocycles. The van der Waals surface area contributed by atoms with E-state index >= 15 is 0 Å². The summed E-state index contributed by atoms with van der Waals surface area (Å²) in [6, 6.07) is 12.1. The van der Waals surface area contributed by atoms with Crippen LogP contribution in [0.5, 0.6) is 0 Å². The van der Waals surface area contributed by atoms with E-state index in [1.54, 1.807) is 43.5 Å². The Morgan fingerprint density at radius 1 is 0.507 bits per heavy atom. The Morgan fingerprint density at radius 3 is 1.25 bits per heavy atom. The maximum absolute atomic E-state index is 14.4. The molecule has 10 aliphatic heterocycles. The molecule has 13 atom stereocenters. The zero-order valence-electron chi connectivity index (χ0n) is 39.7. The molecule has 20 nitrogen and oxygen atoms in total. The Bertz CT molecular complexity index is 2900. The van der Waals surface area contributed by atoms with E-state index in [4.69, 9.17) is 37.3 Å². The van der Waals surface area contributed by atoms with E-state index in [1.165, 1.54) is 36.4 Å². The lowest BCUT2D eigenvalue weighted by atomic mass is 9.77. The first-order valence-corrected chi connectivity index (χ1v) is 26.7. The number of anilines is 4. The number of nitrogens with zero attached hydrogens (tertiary/aromatic N) is 4. The second kappa shape index (κ2) is 16.7. The number of fused-ring (bicyclic) bond motifs is 15. The van der Waals surface area contributed by atoms with Crippen LogP contribution in [-0.4, -0.2) is 125 Å². The van der Waals surface area contributed by atoms with Crippen LogP contribution in [0.25, 0.3) is 0 Å². The quantitative estimate of drug-likeness (QED) is 0.0588. The summed E-state index contributed by atoms with van der Waals surface area (Å²) in [5.41, 5.74) is -2.72. The van der Waals surface area contributed by atoms with Crippen molar-refractivity contribution in [3.05, 3.63) is 97.1 Å². The first-order chi connectivity index (χ1) is 35.3. The monoisotopic (exact) mass is 1010 g/mol. The molecule has 11 aliphatic rings. The largest absolute Gasteiger partial charge is 0.504 e. The summed E-state index contributed by atoms with van der Waals surface area (Å²) in [6.45, 7) is 1.70. The highest BCUT2D eigenvalue weighted by Crippen LogP contribution is 2.56. The number of ether oxygens (including phenoxy) is 3. The van der Waals surface area contributed by atoms with Crippen molar-refractivity contribution in [1.82, 2.24) is 0 Å². The minimum Gasteiger partial charge on any atom is -0.377 e. The van der Waals surface area contributed by atoms with Crippen LogP contribution < -0.4 is 19.6 Å². The maximum Gasteiger partial charge on any atom is 0.504 e. The van der Waals surface area contributed by atoms with Crippen molar-refractivity contribution in [3.63, 3.8) is 0 Å². The molecular weight excluding hydrogens is 965 g/mol. The molecule has 21 heteroatoms. The van der Waals surface area contributed by atoms with Gasteiger partial charge >= 0.3 is 8.80 Å². The number of carbonyl (C=O) groups is 8. The highest BCUT2D eigenvalue weighted by atomic mass is 28.4. The number of imide groups is 4. The van der Waals surface area contributed by atoms with Gasteiger partial charge in [-0.2, -0.15) is 0 Å². The maximum atomic E-state index is 14.4. The summed E-state index contributed by atoms with van der Waals surface area (Å²) in [6.07, 6.45) is 15.8. The van der Waals surface area contributed by atoms with Gasteiger partial charge in [-0.15, -0.1) is 0 Å². The van der Waals surface area contributed by atoms with Gasteiger partial charge in [0.15, 0.2) is 0 Å². The summed E-state index contributed by atoms with van der Waals surface area (Å²) in [7, 11) is -1.57. The van der Waals surface area contributed by atoms with E-state index in [-0.39, 0.29) is 42.4 Å². The minimum atomic E-state index is -3.19. The van der Waals surface area contributed by atoms with Crippen LogP contribution in [0.15, 0.2) is 97.1 Å². The summed E-state index contributed by atoms with van der Waals surface area (Å²) < 4.78 is 37.9. The molecule has 10 heterocycles. The van der Waals surface area contributed by atoms with Gasteiger partial charge < -0.3 is 27.5 Å². The number of hydrogen-bond donors (Lipinski definition) is 0. The lowest BCUT2D eigenvalue weighted by molar-refractivity contribution is -0.330. The predicted octanol–water partition coefficient (Wildman–Crippen LogP) is 3.18. The molecule has 6 bridgehead atoms. The molecule has 0 radical (unpaired) electrons. The number of benzene rings is 2. The Labute approximate surface area is 418 Å². The SMILES string of the molecule is CCO[Si](OC)(OCC12C=CC(O1)C1C(=O)N(c3ccc(N4C(=O)C5C6C=CC(COOCC78C=CC(O7)C7C(=O)N(c9ccc(N%10C(=O)C=CC%10=O)cc9)C(=O)C78)(O6)C5C4=O)cc3)C(=O)C12)C1CCCCC1. The zero-order chi connectivity index (χ0) is 50.3. The van der Waals surface area contributed by atoms with Crippen LogP contribution >= 0.6 is 0 Å². The van der Waals surface area contributed by atoms with E-state index in [1.807, 2.05) is 19.1 Å². The highest BCUT2D eigenvalue weighted by molar-refractivity contribution is 6.62. The molecule has 0 aromatic heterocycles. The fourth-order valence-corrected chi connectivity index (χ4v) is 16.7. The topological polar surface area (TPSA) is 223 Å². The summed E-state index contributed by atoms with van der Waals surface area (Å²) in [5.74, 6) is -9.09. The van der Waals surface area contributed by atoms with Crippen LogP contribution in [0.1, 0.15) is 39.0 Å². The first kappa shape index (κ1) is 46.6. The molecular formula is C52H50N4O16Si. The van der Waals surface area contributed by atoms with Gasteiger partial charge in [-0.25, -0.2) is 29.4 Å². The number of rotatable bonds is 16. The standard InChI is InChI=1S/C52H50N4O16Si/c1-3-68-73(65-2,32-7-5-4-6-8-32)69-27-52-24-21-35(72-52)40-43(52)49(64)56(46(40)61)31-15-13-30(14-16-31)55-45(60)39-34-20-23-51(71-34,42(39)48(55)63)26-67-66-25-50-22-19-33(70-50)38-41(50)47(62)54(44(38)59)29-11-9-28(10-12-29)53-36(57)17-18-37(53)58/h9-24,32-35,38-43H,3-8,25-27H2,1-2H3. The first-order valence-electron chi connectivity index (χ1n) is 24.9. The van der Waals surface area contributed by atoms with E-state index in [0.717, 1.165) is 63.9 Å². The van der Waals surface area contributed by atoms with Gasteiger partial charge in [0.2, 0.25) is 35.4 Å². The molecule has 0 N–H and O–H groups in total. The van der Waals surface area contributed by atoms with Gasteiger partial charge in [0.25, 0.3) is 11.8 Å². The molecule has 1 saturated carbocycles. The molecule has 6 saturated heterocycles. The van der Waals surface area contributed by atoms with Gasteiger partial charge in [-0.1, -0.05) is 55.7 Å². The molecule has 73 heavy (non-hydrogen) atoms. The normalized spacial score (nSPS) is 37.2. The van der Waals surface area contributed by atoms with Gasteiger partial charge in [0.05, 0.1) is 83.2 Å². The molecule has 0 spiro atoms. The second-order valence-corrected chi connectivity index (χ2v) is 23.5. The van der Waals surface area contributed by atoms with Crippen molar-refractivity contribution in [2.75, 3.05) is 53.1 Å². The smallest absolute Gasteiger partial charge is 0.377 e. The Morgan fingerprint density at radius 2 is 0.877 bits per heavy atom. The van der Waals surface area contributed by atoms with Crippen molar-refractivity contribution in [3.8, 4) is 0 Å². The van der Waals surface area contributed by atoms with Crippen molar-refractivity contribution in [2.45, 2.75) is 79.7 Å². The third-order valence-corrected chi connectivity index (χ3v) is 20.3. The predicted molar refractivity (Wildman–Crippen MR) is 252 cm³/mol. The van der Waals surface area contributed by atoms with Gasteiger partial charge in [0, 0.05) is 31.4 Å². The van der Waals surface area contributed by atoms with Crippen LogP contribution in [0.2, 0.25) is 5.54 Å². The fourth-order valence-electron chi connectivity index (χ4n) is 13.6. The average Bonchev–Trinajstić information content (AvgIpc) is 4.31.